The monoisotopic (exact) mass is 410 g/mol. The maximum absolute atomic E-state index is 12.4. The summed E-state index contributed by atoms with van der Waals surface area (Å²) < 4.78 is 11.1. The molecular weight excluding hydrogens is 384 g/mol. The van der Waals surface area contributed by atoms with Crippen molar-refractivity contribution in [1.29, 1.82) is 0 Å². The molecule has 0 fully saturated rings. The van der Waals surface area contributed by atoms with E-state index in [9.17, 15) is 4.79 Å². The highest BCUT2D eigenvalue weighted by Crippen LogP contribution is 2.32. The van der Waals surface area contributed by atoms with E-state index in [1.54, 1.807) is 7.11 Å². The Labute approximate surface area is 175 Å². The molecule has 3 aromatic rings. The lowest BCUT2D eigenvalue weighted by atomic mass is 9.85. The van der Waals surface area contributed by atoms with Crippen molar-refractivity contribution in [2.24, 2.45) is 0 Å². The molecule has 0 radical (unpaired) electrons. The molecule has 5 nitrogen and oxygen atoms in total. The van der Waals surface area contributed by atoms with E-state index < -0.39 is 0 Å². The molecule has 1 heterocycles. The number of hydrogen-bond acceptors (Lipinski definition) is 5. The summed E-state index contributed by atoms with van der Waals surface area (Å²) >= 11 is 1.38. The zero-order chi connectivity index (χ0) is 21.0. The smallest absolute Gasteiger partial charge is 0.264 e. The summed E-state index contributed by atoms with van der Waals surface area (Å²) in [4.78, 5) is 16.9. The fourth-order valence-electron chi connectivity index (χ4n) is 2.90. The molecule has 0 bridgehead atoms. The average molecular weight is 411 g/mol. The molecular formula is C23H26N2O3S. The minimum absolute atomic E-state index is 0.0692. The molecule has 0 atom stereocenters. The van der Waals surface area contributed by atoms with Crippen LogP contribution in [0.25, 0.3) is 11.3 Å². The van der Waals surface area contributed by atoms with Crippen LogP contribution < -0.4 is 14.8 Å². The van der Waals surface area contributed by atoms with Crippen LogP contribution in [0.3, 0.4) is 0 Å². The van der Waals surface area contributed by atoms with Gasteiger partial charge in [-0.15, -0.1) is 11.3 Å². The van der Waals surface area contributed by atoms with E-state index in [0.717, 1.165) is 28.3 Å². The summed E-state index contributed by atoms with van der Waals surface area (Å²) in [7, 11) is 1.63. The molecule has 1 N–H and O–H groups in total. The van der Waals surface area contributed by atoms with Gasteiger partial charge in [0.2, 0.25) is 0 Å². The molecule has 1 amide bonds. The number of benzene rings is 2. The van der Waals surface area contributed by atoms with Crippen molar-refractivity contribution in [2.45, 2.75) is 33.1 Å². The van der Waals surface area contributed by atoms with Crippen molar-refractivity contribution in [3.05, 3.63) is 59.0 Å². The van der Waals surface area contributed by atoms with Gasteiger partial charge in [0.25, 0.3) is 5.91 Å². The first-order chi connectivity index (χ1) is 13.8. The SMILES string of the molecule is COc1cccc(-c2csc(NC(=O)COc3ccc(C)cc3C(C)(C)C)n2)c1. The number of thiazole rings is 1. The predicted molar refractivity (Wildman–Crippen MR) is 118 cm³/mol. The van der Waals surface area contributed by atoms with Crippen molar-refractivity contribution in [1.82, 2.24) is 4.98 Å². The van der Waals surface area contributed by atoms with Gasteiger partial charge in [0, 0.05) is 10.9 Å². The second-order valence-electron chi connectivity index (χ2n) is 7.86. The van der Waals surface area contributed by atoms with Crippen LogP contribution in [0.1, 0.15) is 31.9 Å². The molecule has 29 heavy (non-hydrogen) atoms. The van der Waals surface area contributed by atoms with Gasteiger partial charge in [-0.25, -0.2) is 4.98 Å². The molecule has 3 rings (SSSR count). The molecule has 0 spiro atoms. The molecule has 2 aromatic carbocycles. The lowest BCUT2D eigenvalue weighted by Crippen LogP contribution is -2.22. The third-order valence-corrected chi connectivity index (χ3v) is 5.18. The summed E-state index contributed by atoms with van der Waals surface area (Å²) in [5.74, 6) is 1.26. The molecule has 0 saturated heterocycles. The molecule has 1 aromatic heterocycles. The number of nitrogens with one attached hydrogen (secondary N) is 1. The highest BCUT2D eigenvalue weighted by molar-refractivity contribution is 7.14. The number of nitrogens with zero attached hydrogens (tertiary/aromatic N) is 1. The fourth-order valence-corrected chi connectivity index (χ4v) is 3.64. The molecule has 0 aliphatic heterocycles. The van der Waals surface area contributed by atoms with Gasteiger partial charge in [-0.1, -0.05) is 50.6 Å². The van der Waals surface area contributed by atoms with Crippen LogP contribution in [0.4, 0.5) is 5.13 Å². The second-order valence-corrected chi connectivity index (χ2v) is 8.71. The van der Waals surface area contributed by atoms with Gasteiger partial charge in [-0.2, -0.15) is 0 Å². The molecule has 6 heteroatoms. The minimum atomic E-state index is -0.239. The van der Waals surface area contributed by atoms with Gasteiger partial charge in [0.15, 0.2) is 11.7 Å². The van der Waals surface area contributed by atoms with E-state index in [1.807, 2.05) is 48.7 Å². The number of anilines is 1. The van der Waals surface area contributed by atoms with Crippen LogP contribution in [0, 0.1) is 6.92 Å². The molecule has 0 aliphatic rings. The molecule has 0 aliphatic carbocycles. The van der Waals surface area contributed by atoms with Gasteiger partial charge < -0.3 is 9.47 Å². The first kappa shape index (κ1) is 20.9. The number of ether oxygens (including phenoxy) is 2. The lowest BCUT2D eigenvalue weighted by molar-refractivity contribution is -0.118. The van der Waals surface area contributed by atoms with Gasteiger partial charge in [0.05, 0.1) is 12.8 Å². The summed E-state index contributed by atoms with van der Waals surface area (Å²) in [6.45, 7) is 8.37. The van der Waals surface area contributed by atoms with Crippen LogP contribution >= 0.6 is 11.3 Å². The summed E-state index contributed by atoms with van der Waals surface area (Å²) in [6.07, 6.45) is 0. The Bertz CT molecular complexity index is 1010. The van der Waals surface area contributed by atoms with Crippen LogP contribution in [-0.4, -0.2) is 24.6 Å². The zero-order valence-corrected chi connectivity index (χ0v) is 18.2. The van der Waals surface area contributed by atoms with Gasteiger partial charge >= 0.3 is 0 Å². The number of carbonyl (C=O) groups is 1. The van der Waals surface area contributed by atoms with Gasteiger partial charge in [-0.3, -0.25) is 10.1 Å². The van der Waals surface area contributed by atoms with Crippen molar-refractivity contribution >= 4 is 22.4 Å². The Morgan fingerprint density at radius 1 is 1.17 bits per heavy atom. The Morgan fingerprint density at radius 2 is 1.97 bits per heavy atom. The highest BCUT2D eigenvalue weighted by Gasteiger charge is 2.20. The molecule has 152 valence electrons. The number of aryl methyl sites for hydroxylation is 1. The predicted octanol–water partition coefficient (Wildman–Crippen LogP) is 5.44. The lowest BCUT2D eigenvalue weighted by Gasteiger charge is -2.23. The maximum atomic E-state index is 12.4. The fraction of sp³-hybridized carbons (Fsp3) is 0.304. The Kier molecular flexibility index (Phi) is 6.23. The van der Waals surface area contributed by atoms with Crippen molar-refractivity contribution in [3.8, 4) is 22.8 Å². The number of rotatable bonds is 6. The van der Waals surface area contributed by atoms with Crippen LogP contribution in [0.15, 0.2) is 47.8 Å². The zero-order valence-electron chi connectivity index (χ0n) is 17.4. The Balaban J connectivity index is 1.65. The van der Waals surface area contributed by atoms with Gasteiger partial charge in [0.1, 0.15) is 11.5 Å². The van der Waals surface area contributed by atoms with Crippen molar-refractivity contribution < 1.29 is 14.3 Å². The topological polar surface area (TPSA) is 60.5 Å². The van der Waals surface area contributed by atoms with E-state index >= 15 is 0 Å². The minimum Gasteiger partial charge on any atom is -0.497 e. The summed E-state index contributed by atoms with van der Waals surface area (Å²) in [5, 5.41) is 5.26. The normalized spacial score (nSPS) is 11.2. The standard InChI is InChI=1S/C23H26N2O3S/c1-15-9-10-20(18(11-15)23(2,3)4)28-13-21(26)25-22-24-19(14-29-22)16-7-6-8-17(12-16)27-5/h6-12,14H,13H2,1-5H3,(H,24,25,26). The Hall–Kier alpha value is -2.86. The number of aromatic nitrogens is 1. The van der Waals surface area contributed by atoms with Crippen molar-refractivity contribution in [2.75, 3.05) is 19.0 Å². The molecule has 0 saturated carbocycles. The maximum Gasteiger partial charge on any atom is 0.264 e. The van der Waals surface area contributed by atoms with Crippen LogP contribution in [0.5, 0.6) is 11.5 Å². The summed E-state index contributed by atoms with van der Waals surface area (Å²) in [5.41, 5.74) is 3.91. The van der Waals surface area contributed by atoms with Crippen molar-refractivity contribution in [3.63, 3.8) is 0 Å². The molecule has 0 unspecified atom stereocenters. The van der Waals surface area contributed by atoms with E-state index in [-0.39, 0.29) is 17.9 Å². The summed E-state index contributed by atoms with van der Waals surface area (Å²) in [6, 6.07) is 13.7. The number of carbonyl (C=O) groups excluding carboxylic acids is 1. The van der Waals surface area contributed by atoms with E-state index in [0.29, 0.717) is 5.13 Å². The Morgan fingerprint density at radius 3 is 2.69 bits per heavy atom. The van der Waals surface area contributed by atoms with E-state index in [2.05, 4.69) is 37.1 Å². The van der Waals surface area contributed by atoms with E-state index in [4.69, 9.17) is 9.47 Å². The quantitative estimate of drug-likeness (QED) is 0.588. The number of amides is 1. The number of hydrogen-bond donors (Lipinski definition) is 1. The second kappa shape index (κ2) is 8.66. The third-order valence-electron chi connectivity index (χ3n) is 4.42. The number of methoxy groups -OCH3 is 1. The van der Waals surface area contributed by atoms with E-state index in [1.165, 1.54) is 16.9 Å². The first-order valence-corrected chi connectivity index (χ1v) is 10.3. The first-order valence-electron chi connectivity index (χ1n) is 9.40. The van der Waals surface area contributed by atoms with Crippen LogP contribution in [0.2, 0.25) is 0 Å². The third kappa shape index (κ3) is 5.35. The average Bonchev–Trinajstić information content (AvgIpc) is 3.14. The van der Waals surface area contributed by atoms with Gasteiger partial charge in [-0.05, 0) is 36.1 Å². The highest BCUT2D eigenvalue weighted by atomic mass is 32.1. The van der Waals surface area contributed by atoms with Crippen LogP contribution in [-0.2, 0) is 10.2 Å². The largest absolute Gasteiger partial charge is 0.497 e.